The van der Waals surface area contributed by atoms with Crippen molar-refractivity contribution in [3.63, 3.8) is 0 Å². The fraction of sp³-hybridized carbons (Fsp3) is 0.545. The molecule has 0 unspecified atom stereocenters. The third-order valence-corrected chi connectivity index (χ3v) is 7.43. The van der Waals surface area contributed by atoms with E-state index in [1.165, 1.54) is 48.6 Å². The van der Waals surface area contributed by atoms with Crippen molar-refractivity contribution >= 4 is 35.1 Å². The maximum atomic E-state index is 12.5. The number of Topliss-reactive ketones (excluding diaryl/α,β-unsaturated/α-hetero) is 1. The number of rotatable bonds is 6. The molecule has 1 aromatic rings. The van der Waals surface area contributed by atoms with E-state index < -0.39 is 0 Å². The number of amidine groups is 1. The van der Waals surface area contributed by atoms with Crippen LogP contribution in [0.4, 0.5) is 0 Å². The van der Waals surface area contributed by atoms with Crippen LogP contribution in [0.5, 0.6) is 0 Å². The quantitative estimate of drug-likeness (QED) is 0.383. The average Bonchev–Trinajstić information content (AvgIpc) is 2.75. The van der Waals surface area contributed by atoms with E-state index in [0.717, 1.165) is 31.7 Å². The molecule has 3 nitrogen and oxygen atoms in total. The van der Waals surface area contributed by atoms with Crippen molar-refractivity contribution in [3.05, 3.63) is 46.2 Å². The summed E-state index contributed by atoms with van der Waals surface area (Å²) in [5.74, 6) is 2.10. The molecule has 1 aromatic carbocycles. The van der Waals surface area contributed by atoms with E-state index in [9.17, 15) is 4.79 Å². The molecular weight excluding hydrogens is 372 g/mol. The minimum atomic E-state index is 0.207. The molecule has 2 saturated heterocycles. The van der Waals surface area contributed by atoms with E-state index in [2.05, 4.69) is 21.8 Å². The lowest BCUT2D eigenvalue weighted by atomic mass is 10.1. The Balaban J connectivity index is 1.73. The Morgan fingerprint density at radius 2 is 1.70 bits per heavy atom. The lowest BCUT2D eigenvalue weighted by Gasteiger charge is -2.26. The molecule has 0 N–H and O–H groups in total. The molecule has 2 aliphatic rings. The Kier molecular flexibility index (Phi) is 8.34. The minimum Gasteiger partial charge on any atom is -0.293 e. The van der Waals surface area contributed by atoms with Crippen LogP contribution in [0.15, 0.2) is 40.6 Å². The number of ketones is 1. The highest BCUT2D eigenvalue weighted by Gasteiger charge is 2.25. The summed E-state index contributed by atoms with van der Waals surface area (Å²) >= 11 is 3.44. The standard InChI is InChI=1S/C22H31N2OS2/c1-26-22(27-18-20(25)19-11-5-2-6-12-19)17-21(23-13-7-3-8-14-23)24-15-9-4-10-16-24/h2,5-6,11-12,17H,3-4,7-10,13-16,18H2,1H3/q+1/b22-17+. The van der Waals surface area contributed by atoms with Gasteiger partial charge in [0, 0.05) is 15.9 Å². The van der Waals surface area contributed by atoms with Gasteiger partial charge in [-0.05, 0) is 44.8 Å². The van der Waals surface area contributed by atoms with Crippen LogP contribution in [0.1, 0.15) is 48.9 Å². The van der Waals surface area contributed by atoms with Crippen molar-refractivity contribution in [2.24, 2.45) is 0 Å². The first-order valence-corrected chi connectivity index (χ1v) is 12.3. The summed E-state index contributed by atoms with van der Waals surface area (Å²) < 4.78 is 3.82. The molecule has 0 amide bonds. The van der Waals surface area contributed by atoms with Crippen LogP contribution >= 0.6 is 23.5 Å². The molecule has 2 aliphatic heterocycles. The van der Waals surface area contributed by atoms with Crippen molar-refractivity contribution in [2.45, 2.75) is 38.5 Å². The summed E-state index contributed by atoms with van der Waals surface area (Å²) in [7, 11) is 0. The zero-order valence-corrected chi connectivity index (χ0v) is 18.0. The summed E-state index contributed by atoms with van der Waals surface area (Å²) in [5.41, 5.74) is 0.807. The number of piperidine rings is 2. The highest BCUT2D eigenvalue weighted by Crippen LogP contribution is 2.28. The van der Waals surface area contributed by atoms with E-state index in [-0.39, 0.29) is 5.78 Å². The van der Waals surface area contributed by atoms with Crippen molar-refractivity contribution in [2.75, 3.05) is 38.2 Å². The fourth-order valence-corrected chi connectivity index (χ4v) is 5.24. The predicted molar refractivity (Wildman–Crippen MR) is 119 cm³/mol. The number of benzene rings is 1. The van der Waals surface area contributed by atoms with Gasteiger partial charge in [-0.15, -0.1) is 23.5 Å². The molecule has 0 saturated carbocycles. The van der Waals surface area contributed by atoms with E-state index in [0.29, 0.717) is 5.75 Å². The number of hydrogen-bond acceptors (Lipinski definition) is 3. The van der Waals surface area contributed by atoms with Crippen molar-refractivity contribution in [1.82, 2.24) is 4.90 Å². The van der Waals surface area contributed by atoms with E-state index in [1.807, 2.05) is 30.3 Å². The first-order chi connectivity index (χ1) is 13.3. The van der Waals surface area contributed by atoms with Gasteiger partial charge in [-0.2, -0.15) is 0 Å². The van der Waals surface area contributed by atoms with Crippen LogP contribution in [0, 0.1) is 0 Å². The molecule has 0 spiro atoms. The topological polar surface area (TPSA) is 23.3 Å². The van der Waals surface area contributed by atoms with Gasteiger partial charge in [-0.1, -0.05) is 30.3 Å². The molecule has 0 radical (unpaired) electrons. The molecule has 27 heavy (non-hydrogen) atoms. The first-order valence-electron chi connectivity index (χ1n) is 10.1. The molecule has 0 atom stereocenters. The van der Waals surface area contributed by atoms with E-state index in [4.69, 9.17) is 0 Å². The lowest BCUT2D eigenvalue weighted by Crippen LogP contribution is -2.42. The lowest BCUT2D eigenvalue weighted by molar-refractivity contribution is -0.541. The molecule has 3 rings (SSSR count). The summed E-state index contributed by atoms with van der Waals surface area (Å²) in [6, 6.07) is 9.63. The SMILES string of the molecule is CS/C(=C\C(N1CCCCC1)=[N+]1CCCCC1)SCC(=O)c1ccccc1. The third-order valence-electron chi connectivity index (χ3n) is 5.25. The van der Waals surface area contributed by atoms with Crippen LogP contribution in [0.25, 0.3) is 0 Å². The average molecular weight is 404 g/mol. The zero-order valence-electron chi connectivity index (χ0n) is 16.4. The van der Waals surface area contributed by atoms with Crippen molar-refractivity contribution < 1.29 is 9.37 Å². The van der Waals surface area contributed by atoms with Crippen LogP contribution in [0.2, 0.25) is 0 Å². The summed E-state index contributed by atoms with van der Waals surface area (Å²) in [4.78, 5) is 15.0. The summed E-state index contributed by atoms with van der Waals surface area (Å²) in [5, 5.41) is 0. The maximum absolute atomic E-state index is 12.5. The number of hydrogen-bond donors (Lipinski definition) is 0. The minimum absolute atomic E-state index is 0.207. The van der Waals surface area contributed by atoms with E-state index >= 15 is 0 Å². The largest absolute Gasteiger partial charge is 0.293 e. The number of thioether (sulfide) groups is 2. The molecule has 2 heterocycles. The Bertz CT molecular complexity index is 671. The smallest absolute Gasteiger partial charge is 0.273 e. The Labute approximate surface area is 172 Å². The normalized spacial score (nSPS) is 18.5. The first kappa shape index (κ1) is 20.5. The van der Waals surface area contributed by atoms with Gasteiger partial charge in [0.25, 0.3) is 5.84 Å². The molecular formula is C22H31N2OS2+. The maximum Gasteiger partial charge on any atom is 0.273 e. The van der Waals surface area contributed by atoms with Crippen molar-refractivity contribution in [3.8, 4) is 0 Å². The molecule has 5 heteroatoms. The van der Waals surface area contributed by atoms with Crippen LogP contribution in [0.3, 0.4) is 0 Å². The van der Waals surface area contributed by atoms with Gasteiger partial charge >= 0.3 is 0 Å². The van der Waals surface area contributed by atoms with Crippen LogP contribution in [-0.4, -0.2) is 59.3 Å². The van der Waals surface area contributed by atoms with Gasteiger partial charge in [0.05, 0.1) is 31.9 Å². The van der Waals surface area contributed by atoms with Gasteiger partial charge in [0.2, 0.25) is 0 Å². The Hall–Kier alpha value is -1.20. The molecule has 0 aliphatic carbocycles. The summed E-state index contributed by atoms with van der Waals surface area (Å²) in [6.07, 6.45) is 12.3. The fourth-order valence-electron chi connectivity index (χ4n) is 3.74. The molecule has 0 aromatic heterocycles. The Morgan fingerprint density at radius 1 is 1.04 bits per heavy atom. The number of carbonyl (C=O) groups is 1. The molecule has 146 valence electrons. The van der Waals surface area contributed by atoms with Crippen LogP contribution < -0.4 is 0 Å². The van der Waals surface area contributed by atoms with Gasteiger partial charge in [0.1, 0.15) is 0 Å². The number of carbonyl (C=O) groups excluding carboxylic acids is 1. The van der Waals surface area contributed by atoms with Gasteiger partial charge in [0.15, 0.2) is 5.78 Å². The summed E-state index contributed by atoms with van der Waals surface area (Å²) in [6.45, 7) is 4.66. The number of likely N-dealkylation sites (tertiary alicyclic amines) is 1. The van der Waals surface area contributed by atoms with E-state index in [1.54, 1.807) is 23.5 Å². The third kappa shape index (κ3) is 6.15. The highest BCUT2D eigenvalue weighted by atomic mass is 32.2. The monoisotopic (exact) mass is 403 g/mol. The predicted octanol–water partition coefficient (Wildman–Crippen LogP) is 4.89. The highest BCUT2D eigenvalue weighted by molar-refractivity contribution is 8.22. The number of nitrogens with zero attached hydrogens (tertiary/aromatic N) is 2. The zero-order chi connectivity index (χ0) is 18.9. The van der Waals surface area contributed by atoms with Gasteiger partial charge < -0.3 is 0 Å². The van der Waals surface area contributed by atoms with Gasteiger partial charge in [-0.3, -0.25) is 14.3 Å². The second-order valence-electron chi connectivity index (χ2n) is 7.20. The van der Waals surface area contributed by atoms with Crippen molar-refractivity contribution in [1.29, 1.82) is 0 Å². The Morgan fingerprint density at radius 3 is 2.37 bits per heavy atom. The molecule has 2 fully saturated rings. The molecule has 0 bridgehead atoms. The van der Waals surface area contributed by atoms with Crippen LogP contribution in [-0.2, 0) is 0 Å². The second kappa shape index (κ2) is 11.0. The van der Waals surface area contributed by atoms with Gasteiger partial charge in [-0.25, -0.2) is 0 Å². The second-order valence-corrected chi connectivity index (χ2v) is 9.32.